The van der Waals surface area contributed by atoms with Gasteiger partial charge in [-0.15, -0.1) is 9.24 Å². The molecule has 0 aromatic carbocycles. The zero-order valence-electron chi connectivity index (χ0n) is 31.9. The molecule has 0 rings (SSSR count). The molecule has 1 N–H and O–H groups in total. The van der Waals surface area contributed by atoms with E-state index in [1.807, 2.05) is 6.92 Å². The monoisotopic (exact) mass is 661 g/mol. The van der Waals surface area contributed by atoms with Crippen LogP contribution in [0.5, 0.6) is 0 Å². The first-order valence-corrected chi connectivity index (χ1v) is 22.1. The molecule has 44 heavy (non-hydrogen) atoms. The number of rotatable bonds is 30. The number of hydrogen-bond donors (Lipinski definition) is 1. The number of hydrogen-bond acceptors (Lipinski definition) is 1. The van der Waals surface area contributed by atoms with Gasteiger partial charge in [0.1, 0.15) is 0 Å². The fourth-order valence-corrected chi connectivity index (χ4v) is 8.61. The minimum absolute atomic E-state index is 0.275. The first-order chi connectivity index (χ1) is 21.0. The van der Waals surface area contributed by atoms with E-state index in [4.69, 9.17) is 4.89 Å². The fourth-order valence-electron chi connectivity index (χ4n) is 7.13. The van der Waals surface area contributed by atoms with Gasteiger partial charge in [-0.1, -0.05) is 197 Å². The summed E-state index contributed by atoms with van der Waals surface area (Å²) in [6, 6.07) is 0. The van der Waals surface area contributed by atoms with Gasteiger partial charge in [-0.3, -0.25) is 4.57 Å². The molecule has 0 aromatic heterocycles. The van der Waals surface area contributed by atoms with Gasteiger partial charge >= 0.3 is 0 Å². The Balaban J connectivity index is 0. The van der Waals surface area contributed by atoms with Crippen molar-refractivity contribution in [3.63, 3.8) is 0 Å². The lowest BCUT2D eigenvalue weighted by Crippen LogP contribution is -2.32. The van der Waals surface area contributed by atoms with Crippen LogP contribution in [0.2, 0.25) is 0 Å². The summed E-state index contributed by atoms with van der Waals surface area (Å²) in [6.07, 6.45) is 39.1. The van der Waals surface area contributed by atoms with Crippen LogP contribution in [0.1, 0.15) is 229 Å². The van der Waals surface area contributed by atoms with Gasteiger partial charge in [-0.2, -0.15) is 0 Å². The molecule has 2 nitrogen and oxygen atoms in total. The Bertz CT molecular complexity index is 589. The second-order valence-corrected chi connectivity index (χ2v) is 18.2. The van der Waals surface area contributed by atoms with E-state index in [9.17, 15) is 4.57 Å². The van der Waals surface area contributed by atoms with Crippen LogP contribution in [0, 0.1) is 17.3 Å². The molecule has 0 aliphatic rings. The summed E-state index contributed by atoms with van der Waals surface area (Å²) < 4.78 is 10.5. The fraction of sp³-hybridized carbons (Fsp3) is 1.00. The van der Waals surface area contributed by atoms with Crippen molar-refractivity contribution in [3.05, 3.63) is 0 Å². The van der Waals surface area contributed by atoms with Gasteiger partial charge in [0, 0.05) is 6.16 Å². The summed E-state index contributed by atoms with van der Waals surface area (Å²) in [5.74, 6) is 1.31. The molecule has 0 aromatic rings. The van der Waals surface area contributed by atoms with E-state index >= 15 is 0 Å². The molecular weight excluding hydrogens is 574 g/mol. The van der Waals surface area contributed by atoms with E-state index < -0.39 is 8.03 Å². The highest BCUT2D eigenvalue weighted by Gasteiger charge is 2.32. The lowest BCUT2D eigenvalue weighted by atomic mass is 9.77. The third-order valence-corrected chi connectivity index (χ3v) is 11.7. The van der Waals surface area contributed by atoms with Crippen molar-refractivity contribution in [2.45, 2.75) is 234 Å². The van der Waals surface area contributed by atoms with E-state index in [-0.39, 0.29) is 5.41 Å². The van der Waals surface area contributed by atoms with Gasteiger partial charge in [0.05, 0.1) is 0 Å². The smallest absolute Gasteiger partial charge is 0.189 e. The van der Waals surface area contributed by atoms with Gasteiger partial charge in [0.25, 0.3) is 0 Å². The average molecular weight is 661 g/mol. The quantitative estimate of drug-likeness (QED) is 0.0615. The molecule has 0 fully saturated rings. The minimum atomic E-state index is -2.26. The molecule has 0 aliphatic heterocycles. The van der Waals surface area contributed by atoms with Gasteiger partial charge in [0.15, 0.2) is 8.03 Å². The summed E-state index contributed by atoms with van der Waals surface area (Å²) in [5, 5.41) is 0.521. The summed E-state index contributed by atoms with van der Waals surface area (Å²) in [5.41, 5.74) is 0.275. The molecule has 0 saturated carbocycles. The van der Waals surface area contributed by atoms with Crippen LogP contribution in [-0.4, -0.2) is 16.2 Å². The van der Waals surface area contributed by atoms with E-state index in [2.05, 4.69) is 57.7 Å². The van der Waals surface area contributed by atoms with Crippen LogP contribution in [0.4, 0.5) is 0 Å². The molecule has 0 radical (unpaired) electrons. The van der Waals surface area contributed by atoms with Gasteiger partial charge in [-0.25, -0.2) is 0 Å². The van der Waals surface area contributed by atoms with Crippen molar-refractivity contribution < 1.29 is 9.46 Å². The summed E-state index contributed by atoms with van der Waals surface area (Å²) in [7, 11) is 1.23. The molecule has 0 bridgehead atoms. The van der Waals surface area contributed by atoms with Crippen molar-refractivity contribution in [2.75, 3.05) is 6.16 Å². The molecule has 0 amide bonds. The Labute approximate surface area is 283 Å². The largest absolute Gasteiger partial charge is 0.346 e. The lowest BCUT2D eigenvalue weighted by Gasteiger charge is -2.39. The maximum absolute atomic E-state index is 10.5. The minimum Gasteiger partial charge on any atom is -0.346 e. The van der Waals surface area contributed by atoms with Crippen LogP contribution in [0.15, 0.2) is 0 Å². The summed E-state index contributed by atoms with van der Waals surface area (Å²) >= 11 is 0. The second-order valence-electron chi connectivity index (χ2n) is 15.8. The van der Waals surface area contributed by atoms with Crippen molar-refractivity contribution in [3.8, 4) is 0 Å². The molecule has 0 heterocycles. The van der Waals surface area contributed by atoms with E-state index in [0.717, 1.165) is 12.3 Å². The van der Waals surface area contributed by atoms with Crippen LogP contribution in [0.3, 0.4) is 0 Å². The molecule has 4 unspecified atom stereocenters. The Kier molecular flexibility index (Phi) is 34.2. The summed E-state index contributed by atoms with van der Waals surface area (Å²) in [4.78, 5) is 8.67. The molecular formula is C40H86O2P2. The highest BCUT2D eigenvalue weighted by atomic mass is 31.1. The molecule has 268 valence electrons. The Morgan fingerprint density at radius 3 is 1.23 bits per heavy atom. The first-order valence-electron chi connectivity index (χ1n) is 20.0. The summed E-state index contributed by atoms with van der Waals surface area (Å²) in [6.45, 7) is 17.8. The molecule has 4 atom stereocenters. The number of unbranched alkanes of at least 4 members (excludes halogenated alkanes) is 18. The Hall–Kier alpha value is 0.620. The topological polar surface area (TPSA) is 37.3 Å². The van der Waals surface area contributed by atoms with Crippen LogP contribution >= 0.6 is 17.3 Å². The van der Waals surface area contributed by atoms with Gasteiger partial charge in [0.2, 0.25) is 0 Å². The van der Waals surface area contributed by atoms with E-state index in [1.54, 1.807) is 0 Å². The van der Waals surface area contributed by atoms with Crippen LogP contribution in [-0.2, 0) is 4.57 Å². The van der Waals surface area contributed by atoms with Gasteiger partial charge < -0.3 is 4.89 Å². The van der Waals surface area contributed by atoms with E-state index in [0.29, 0.717) is 17.2 Å². The Morgan fingerprint density at radius 2 is 0.886 bits per heavy atom. The predicted molar refractivity (Wildman–Crippen MR) is 208 cm³/mol. The predicted octanol–water partition coefficient (Wildman–Crippen LogP) is 15.0. The molecule has 0 saturated heterocycles. The third-order valence-electron chi connectivity index (χ3n) is 9.60. The standard InChI is InChI=1S/C32H67P.C8H19O2P/c1-5-9-13-17-18-19-20-21-22-24-28-31(27-23-14-10-6-2)32(33,29-25-15-11-7-3)30-26-16-12-8-4;1-7(6-11(9)10)5-8(2,3)4/h31H,5-30,33H2,1-4H3;7,11H,5-6H2,1-4H3,(H,9,10). The highest BCUT2D eigenvalue weighted by Crippen LogP contribution is 2.44. The van der Waals surface area contributed by atoms with Crippen molar-refractivity contribution in [1.29, 1.82) is 0 Å². The van der Waals surface area contributed by atoms with E-state index in [1.165, 1.54) is 167 Å². The molecule has 0 spiro atoms. The zero-order chi connectivity index (χ0) is 33.5. The normalized spacial score (nSPS) is 14.2. The molecule has 4 heteroatoms. The van der Waals surface area contributed by atoms with Crippen LogP contribution < -0.4 is 0 Å². The third kappa shape index (κ3) is 32.6. The second kappa shape index (κ2) is 32.2. The Morgan fingerprint density at radius 1 is 0.568 bits per heavy atom. The van der Waals surface area contributed by atoms with Crippen molar-refractivity contribution in [1.82, 2.24) is 0 Å². The lowest BCUT2D eigenvalue weighted by molar-refractivity contribution is 0.270. The van der Waals surface area contributed by atoms with Crippen molar-refractivity contribution in [2.24, 2.45) is 17.3 Å². The average Bonchev–Trinajstić information content (AvgIpc) is 2.94. The maximum Gasteiger partial charge on any atom is 0.189 e. The first kappa shape index (κ1) is 46.7. The van der Waals surface area contributed by atoms with Crippen molar-refractivity contribution >= 4 is 17.3 Å². The SMILES string of the molecule is CC(C[PH](=O)O)CC(C)(C)C.CCCCCCCCCCCCC(CCCCCC)C(P)(CCCCCC)CCCCCC. The maximum atomic E-state index is 10.5. The zero-order valence-corrected chi connectivity index (χ0v) is 34.0. The highest BCUT2D eigenvalue weighted by molar-refractivity contribution is 7.38. The molecule has 0 aliphatic carbocycles. The van der Waals surface area contributed by atoms with Crippen LogP contribution in [0.25, 0.3) is 0 Å². The van der Waals surface area contributed by atoms with Gasteiger partial charge in [-0.05, 0) is 54.5 Å².